The van der Waals surface area contributed by atoms with E-state index in [0.717, 1.165) is 24.9 Å². The molecule has 1 aromatic heterocycles. The maximum absolute atomic E-state index is 13.0. The smallest absolute Gasteiger partial charge is 0.123 e. The predicted octanol–water partition coefficient (Wildman–Crippen LogP) is 5.24. The van der Waals surface area contributed by atoms with Gasteiger partial charge in [-0.05, 0) is 66.0 Å². The van der Waals surface area contributed by atoms with Gasteiger partial charge in [-0.3, -0.25) is 0 Å². The van der Waals surface area contributed by atoms with Gasteiger partial charge in [0.25, 0.3) is 0 Å². The maximum Gasteiger partial charge on any atom is 0.123 e. The molecule has 2 rings (SSSR count). The van der Waals surface area contributed by atoms with Crippen LogP contribution >= 0.6 is 27.3 Å². The first-order valence-corrected chi connectivity index (χ1v) is 8.44. The number of hydrogen-bond acceptors (Lipinski definition) is 2. The molecule has 0 bridgehead atoms. The van der Waals surface area contributed by atoms with E-state index in [1.807, 2.05) is 23.5 Å². The second-order valence-electron chi connectivity index (χ2n) is 4.89. The first-order valence-electron chi connectivity index (χ1n) is 6.83. The highest BCUT2D eigenvalue weighted by molar-refractivity contribution is 9.10. The number of hydrogen-bond donors (Lipinski definition) is 1. The fourth-order valence-corrected chi connectivity index (χ4v) is 3.74. The molecule has 1 heterocycles. The summed E-state index contributed by atoms with van der Waals surface area (Å²) in [6, 6.07) is 9.27. The minimum atomic E-state index is -0.179. The second-order valence-corrected chi connectivity index (χ2v) is 7.03. The van der Waals surface area contributed by atoms with Gasteiger partial charge in [0.1, 0.15) is 5.82 Å². The Labute approximate surface area is 132 Å². The Morgan fingerprint density at radius 3 is 2.55 bits per heavy atom. The monoisotopic (exact) mass is 355 g/mol. The van der Waals surface area contributed by atoms with Crippen molar-refractivity contribution in [2.24, 2.45) is 0 Å². The summed E-state index contributed by atoms with van der Waals surface area (Å²) in [7, 11) is 0. The summed E-state index contributed by atoms with van der Waals surface area (Å²) >= 11 is 5.39. The summed E-state index contributed by atoms with van der Waals surface area (Å²) in [4.78, 5) is 2.62. The van der Waals surface area contributed by atoms with E-state index < -0.39 is 0 Å². The van der Waals surface area contributed by atoms with Gasteiger partial charge in [-0.1, -0.05) is 19.1 Å². The summed E-state index contributed by atoms with van der Waals surface area (Å²) in [5.74, 6) is -0.179. The number of benzene rings is 1. The van der Waals surface area contributed by atoms with Crippen molar-refractivity contribution in [2.45, 2.75) is 32.7 Å². The van der Waals surface area contributed by atoms with Crippen molar-refractivity contribution in [3.63, 3.8) is 0 Å². The molecule has 0 amide bonds. The van der Waals surface area contributed by atoms with Crippen molar-refractivity contribution in [3.05, 3.63) is 55.9 Å². The van der Waals surface area contributed by atoms with E-state index in [1.165, 1.54) is 26.4 Å². The van der Waals surface area contributed by atoms with E-state index in [0.29, 0.717) is 0 Å². The van der Waals surface area contributed by atoms with E-state index in [4.69, 9.17) is 0 Å². The quantitative estimate of drug-likeness (QED) is 0.746. The Kier molecular flexibility index (Phi) is 5.75. The van der Waals surface area contributed by atoms with Crippen molar-refractivity contribution >= 4 is 27.3 Å². The molecule has 4 heteroatoms. The van der Waals surface area contributed by atoms with E-state index >= 15 is 0 Å². The third kappa shape index (κ3) is 4.14. The minimum Gasteiger partial charge on any atom is -0.309 e. The maximum atomic E-state index is 13.0. The summed E-state index contributed by atoms with van der Waals surface area (Å²) < 4.78 is 14.2. The SMILES string of the molecule is CCCNC(Cc1ccc(F)cc1)c1cc(Br)c(C)s1. The van der Waals surface area contributed by atoms with Crippen molar-refractivity contribution in [1.82, 2.24) is 5.32 Å². The molecule has 2 aromatic rings. The van der Waals surface area contributed by atoms with E-state index in [-0.39, 0.29) is 11.9 Å². The Morgan fingerprint density at radius 2 is 2.00 bits per heavy atom. The van der Waals surface area contributed by atoms with Crippen LogP contribution in [0.4, 0.5) is 4.39 Å². The van der Waals surface area contributed by atoms with Gasteiger partial charge in [-0.25, -0.2) is 4.39 Å². The number of rotatable bonds is 6. The molecule has 1 nitrogen and oxygen atoms in total. The summed E-state index contributed by atoms with van der Waals surface area (Å²) in [6.07, 6.45) is 1.98. The average molecular weight is 356 g/mol. The largest absolute Gasteiger partial charge is 0.309 e. The van der Waals surface area contributed by atoms with Crippen LogP contribution in [0.15, 0.2) is 34.8 Å². The molecule has 0 aliphatic rings. The molecule has 0 saturated heterocycles. The van der Waals surface area contributed by atoms with Gasteiger partial charge in [0, 0.05) is 20.3 Å². The van der Waals surface area contributed by atoms with Gasteiger partial charge >= 0.3 is 0 Å². The molecule has 0 saturated carbocycles. The molecular formula is C16H19BrFNS. The second kappa shape index (κ2) is 7.34. The van der Waals surface area contributed by atoms with Gasteiger partial charge in [0.05, 0.1) is 0 Å². The lowest BCUT2D eigenvalue weighted by atomic mass is 10.0. The molecule has 0 spiro atoms. The van der Waals surface area contributed by atoms with Crippen LogP contribution in [0, 0.1) is 12.7 Å². The van der Waals surface area contributed by atoms with Crippen LogP contribution in [-0.4, -0.2) is 6.54 Å². The van der Waals surface area contributed by atoms with Gasteiger partial charge in [0.2, 0.25) is 0 Å². The van der Waals surface area contributed by atoms with Crippen molar-refractivity contribution < 1.29 is 4.39 Å². The lowest BCUT2D eigenvalue weighted by molar-refractivity contribution is 0.535. The first kappa shape index (κ1) is 15.7. The Bertz CT molecular complexity index is 531. The number of nitrogens with one attached hydrogen (secondary N) is 1. The van der Waals surface area contributed by atoms with Crippen LogP contribution < -0.4 is 5.32 Å². The molecule has 20 heavy (non-hydrogen) atoms. The number of aryl methyl sites for hydroxylation is 1. The van der Waals surface area contributed by atoms with Crippen LogP contribution in [-0.2, 0) is 6.42 Å². The number of thiophene rings is 1. The average Bonchev–Trinajstić information content (AvgIpc) is 2.77. The third-order valence-corrected chi connectivity index (χ3v) is 5.46. The zero-order chi connectivity index (χ0) is 14.5. The van der Waals surface area contributed by atoms with Crippen molar-refractivity contribution in [3.8, 4) is 0 Å². The molecule has 0 aliphatic carbocycles. The fraction of sp³-hybridized carbons (Fsp3) is 0.375. The van der Waals surface area contributed by atoms with Crippen LogP contribution in [0.1, 0.15) is 34.7 Å². The molecule has 1 N–H and O–H groups in total. The third-order valence-electron chi connectivity index (χ3n) is 3.21. The van der Waals surface area contributed by atoms with E-state index in [1.54, 1.807) is 0 Å². The Balaban J connectivity index is 2.16. The van der Waals surface area contributed by atoms with Crippen LogP contribution in [0.3, 0.4) is 0 Å². The normalized spacial score (nSPS) is 12.6. The van der Waals surface area contributed by atoms with Crippen LogP contribution in [0.25, 0.3) is 0 Å². The zero-order valence-electron chi connectivity index (χ0n) is 11.7. The van der Waals surface area contributed by atoms with E-state index in [2.05, 4.69) is 41.2 Å². The molecule has 0 fully saturated rings. The summed E-state index contributed by atoms with van der Waals surface area (Å²) in [5.41, 5.74) is 1.15. The zero-order valence-corrected chi connectivity index (χ0v) is 14.2. The molecule has 108 valence electrons. The van der Waals surface area contributed by atoms with Gasteiger partial charge in [-0.15, -0.1) is 11.3 Å². The van der Waals surface area contributed by atoms with Gasteiger partial charge < -0.3 is 5.32 Å². The molecular weight excluding hydrogens is 337 g/mol. The highest BCUT2D eigenvalue weighted by Gasteiger charge is 2.15. The standard InChI is InChI=1S/C16H19BrFNS/c1-3-8-19-15(16-10-14(17)11(2)20-16)9-12-4-6-13(18)7-5-12/h4-7,10,15,19H,3,8-9H2,1-2H3. The lowest BCUT2D eigenvalue weighted by Crippen LogP contribution is -2.23. The Morgan fingerprint density at radius 1 is 1.30 bits per heavy atom. The van der Waals surface area contributed by atoms with Crippen molar-refractivity contribution in [1.29, 1.82) is 0 Å². The van der Waals surface area contributed by atoms with E-state index in [9.17, 15) is 4.39 Å². The highest BCUT2D eigenvalue weighted by atomic mass is 79.9. The molecule has 1 atom stereocenters. The highest BCUT2D eigenvalue weighted by Crippen LogP contribution is 2.32. The number of halogens is 2. The topological polar surface area (TPSA) is 12.0 Å². The van der Waals surface area contributed by atoms with Gasteiger partial charge in [-0.2, -0.15) is 0 Å². The lowest BCUT2D eigenvalue weighted by Gasteiger charge is -2.17. The molecule has 1 unspecified atom stereocenters. The van der Waals surface area contributed by atoms with Crippen LogP contribution in [0.5, 0.6) is 0 Å². The molecule has 0 radical (unpaired) electrons. The fourth-order valence-electron chi connectivity index (χ4n) is 2.10. The minimum absolute atomic E-state index is 0.179. The summed E-state index contributed by atoms with van der Waals surface area (Å²) in [5, 5.41) is 3.59. The van der Waals surface area contributed by atoms with Crippen molar-refractivity contribution in [2.75, 3.05) is 6.54 Å². The summed E-state index contributed by atoms with van der Waals surface area (Å²) in [6.45, 7) is 5.27. The van der Waals surface area contributed by atoms with Crippen LogP contribution in [0.2, 0.25) is 0 Å². The Hall–Kier alpha value is -0.710. The predicted molar refractivity (Wildman–Crippen MR) is 87.9 cm³/mol. The molecule has 1 aromatic carbocycles. The first-order chi connectivity index (χ1) is 9.60. The van der Waals surface area contributed by atoms with Gasteiger partial charge in [0.15, 0.2) is 0 Å². The molecule has 0 aliphatic heterocycles.